The summed E-state index contributed by atoms with van der Waals surface area (Å²) in [7, 11) is 0. The molecular weight excluding hydrogens is 560 g/mol. The normalized spacial score (nSPS) is 33.5. The van der Waals surface area contributed by atoms with Gasteiger partial charge in [0.25, 0.3) is 0 Å². The summed E-state index contributed by atoms with van der Waals surface area (Å²) in [6.07, 6.45) is -1.92. The minimum atomic E-state index is -1.60. The van der Waals surface area contributed by atoms with Crippen molar-refractivity contribution in [2.24, 2.45) is 11.3 Å². The second-order valence-corrected chi connectivity index (χ2v) is 13.1. The maximum atomic E-state index is 13.6. The topological polar surface area (TPSA) is 108 Å². The van der Waals surface area contributed by atoms with E-state index in [9.17, 15) is 19.5 Å². The molecule has 3 aromatic carbocycles. The highest BCUT2D eigenvalue weighted by atomic mass is 16.6. The van der Waals surface area contributed by atoms with E-state index in [1.54, 1.807) is 79.7 Å². The smallest absolute Gasteiger partial charge is 0.338 e. The number of carbonyl (C=O) groups excluding carboxylic acids is 3. The number of rotatable bonds is 6. The number of aliphatic hydroxyl groups is 1. The summed E-state index contributed by atoms with van der Waals surface area (Å²) in [4.78, 5) is 40.6. The molecule has 2 aliphatic carbocycles. The Morgan fingerprint density at radius 3 is 1.59 bits per heavy atom. The van der Waals surface area contributed by atoms with Crippen molar-refractivity contribution in [1.29, 1.82) is 0 Å². The fourth-order valence-electron chi connectivity index (χ4n) is 7.89. The zero-order valence-corrected chi connectivity index (χ0v) is 25.4. The lowest BCUT2D eigenvalue weighted by atomic mass is 9.47. The molecule has 230 valence electrons. The maximum absolute atomic E-state index is 13.6. The van der Waals surface area contributed by atoms with Crippen LogP contribution >= 0.6 is 0 Å². The van der Waals surface area contributed by atoms with Gasteiger partial charge in [-0.2, -0.15) is 0 Å². The molecule has 6 rings (SSSR count). The molecule has 44 heavy (non-hydrogen) atoms. The summed E-state index contributed by atoms with van der Waals surface area (Å²) >= 11 is 0. The van der Waals surface area contributed by atoms with Crippen LogP contribution < -0.4 is 0 Å². The van der Waals surface area contributed by atoms with Crippen LogP contribution in [0.1, 0.15) is 78.0 Å². The van der Waals surface area contributed by atoms with Gasteiger partial charge in [-0.05, 0) is 83.4 Å². The summed E-state index contributed by atoms with van der Waals surface area (Å²) in [5, 5.41) is 12.3. The van der Waals surface area contributed by atoms with Crippen LogP contribution in [-0.4, -0.2) is 58.1 Å². The third-order valence-corrected chi connectivity index (χ3v) is 10.1. The summed E-state index contributed by atoms with van der Waals surface area (Å²) in [6.45, 7) is 7.29. The van der Waals surface area contributed by atoms with Gasteiger partial charge in [0.15, 0.2) is 0 Å². The monoisotopic (exact) mass is 598 g/mol. The van der Waals surface area contributed by atoms with Crippen molar-refractivity contribution in [1.82, 2.24) is 0 Å². The first-order valence-electron chi connectivity index (χ1n) is 15.1. The Morgan fingerprint density at radius 1 is 0.682 bits per heavy atom. The van der Waals surface area contributed by atoms with Crippen molar-refractivity contribution in [2.45, 2.75) is 82.1 Å². The predicted octanol–water partition coefficient (Wildman–Crippen LogP) is 5.78. The summed E-state index contributed by atoms with van der Waals surface area (Å²) < 4.78 is 25.8. The Balaban J connectivity index is 1.47. The van der Waals surface area contributed by atoms with Gasteiger partial charge in [0.05, 0.1) is 33.3 Å². The highest BCUT2D eigenvalue weighted by Crippen LogP contribution is 2.68. The van der Waals surface area contributed by atoms with Gasteiger partial charge in [-0.25, -0.2) is 14.4 Å². The molecule has 3 aromatic rings. The summed E-state index contributed by atoms with van der Waals surface area (Å²) in [5.74, 6) is -2.09. The number of benzene rings is 3. The van der Waals surface area contributed by atoms with E-state index in [-0.39, 0.29) is 19.3 Å². The average Bonchev–Trinajstić information content (AvgIpc) is 3.20. The zero-order valence-electron chi connectivity index (χ0n) is 25.4. The van der Waals surface area contributed by atoms with Crippen LogP contribution in [-0.2, 0) is 18.9 Å². The fraction of sp³-hybridized carbons (Fsp3) is 0.417. The minimum absolute atomic E-state index is 0.191. The molecule has 1 aliphatic heterocycles. The number of esters is 3. The van der Waals surface area contributed by atoms with Gasteiger partial charge in [0.2, 0.25) is 0 Å². The van der Waals surface area contributed by atoms with Gasteiger partial charge in [-0.15, -0.1) is 0 Å². The predicted molar refractivity (Wildman–Crippen MR) is 161 cm³/mol. The Kier molecular flexibility index (Phi) is 7.41. The molecular formula is C36H38O8. The molecule has 1 N–H and O–H groups in total. The van der Waals surface area contributed by atoms with Crippen LogP contribution in [0.3, 0.4) is 0 Å². The number of hydrogen-bond donors (Lipinski definition) is 1. The van der Waals surface area contributed by atoms with Crippen molar-refractivity contribution in [3.8, 4) is 0 Å². The summed E-state index contributed by atoms with van der Waals surface area (Å²) in [6, 6.07) is 26.0. The van der Waals surface area contributed by atoms with Crippen LogP contribution in [0.25, 0.3) is 0 Å². The van der Waals surface area contributed by atoms with E-state index in [0.29, 0.717) is 16.7 Å². The standard InChI is InChI=1S/C36H38O8/c1-33(2)26-22-28(42-31(38)24-16-10-6-11-17-24)35(4)27(41-30(37)23-14-8-5-9-15-23)20-21-34(3,40)36(35,44-33)29(26)43-32(39)25-18-12-7-13-19-25/h5-19,26-29,40H,20-22H2,1-4H3/t26-,27+,28+,29-,34+,35+,36+/m1/s1. The van der Waals surface area contributed by atoms with Crippen LogP contribution in [0.4, 0.5) is 0 Å². The third kappa shape index (κ3) is 4.63. The van der Waals surface area contributed by atoms with Gasteiger partial charge >= 0.3 is 17.9 Å². The molecule has 3 aliphatic rings. The Labute approximate surface area is 257 Å². The Morgan fingerprint density at radius 2 is 1.11 bits per heavy atom. The van der Waals surface area contributed by atoms with Crippen molar-refractivity contribution >= 4 is 17.9 Å². The van der Waals surface area contributed by atoms with Crippen LogP contribution in [0.5, 0.6) is 0 Å². The first-order chi connectivity index (χ1) is 20.9. The lowest BCUT2D eigenvalue weighted by Gasteiger charge is -2.64. The van der Waals surface area contributed by atoms with Crippen LogP contribution in [0, 0.1) is 11.3 Å². The number of hydrogen-bond acceptors (Lipinski definition) is 8. The minimum Gasteiger partial charge on any atom is -0.458 e. The molecule has 8 nitrogen and oxygen atoms in total. The molecule has 1 heterocycles. The van der Waals surface area contributed by atoms with Gasteiger partial charge in [-0.3, -0.25) is 0 Å². The second kappa shape index (κ2) is 10.9. The van der Waals surface area contributed by atoms with Crippen molar-refractivity contribution in [2.75, 3.05) is 0 Å². The fourth-order valence-corrected chi connectivity index (χ4v) is 7.89. The largest absolute Gasteiger partial charge is 0.458 e. The number of ether oxygens (including phenoxy) is 4. The third-order valence-electron chi connectivity index (χ3n) is 10.1. The molecule has 1 spiro atoms. The Bertz CT molecular complexity index is 1540. The lowest BCUT2D eigenvalue weighted by molar-refractivity contribution is -0.324. The molecule has 7 atom stereocenters. The molecule has 2 bridgehead atoms. The summed E-state index contributed by atoms with van der Waals surface area (Å²) in [5.41, 5.74) is -4.27. The quantitative estimate of drug-likeness (QED) is 0.281. The van der Waals surface area contributed by atoms with E-state index in [0.717, 1.165) is 0 Å². The van der Waals surface area contributed by atoms with E-state index < -0.39 is 64.4 Å². The molecule has 3 fully saturated rings. The SMILES string of the molecule is CC1(C)O[C@]23[C@H](OC(=O)c4ccccc4)[C@H]1C[C@H](OC(=O)c1ccccc1)[C@]2(C)[C@@H](OC(=O)c1ccccc1)CC[C@]3(C)O. The molecule has 8 heteroatoms. The Hall–Kier alpha value is -4.01. The van der Waals surface area contributed by atoms with E-state index in [4.69, 9.17) is 18.9 Å². The molecule has 0 amide bonds. The lowest BCUT2D eigenvalue weighted by Crippen LogP contribution is -2.79. The van der Waals surface area contributed by atoms with Gasteiger partial charge in [0.1, 0.15) is 23.9 Å². The van der Waals surface area contributed by atoms with Crippen molar-refractivity contribution in [3.05, 3.63) is 108 Å². The molecule has 0 radical (unpaired) electrons. The van der Waals surface area contributed by atoms with Crippen LogP contribution in [0.15, 0.2) is 91.0 Å². The molecule has 1 saturated heterocycles. The van der Waals surface area contributed by atoms with E-state index in [1.807, 2.05) is 39.0 Å². The first-order valence-corrected chi connectivity index (χ1v) is 15.1. The number of fused-ring (bicyclic) bond motifs is 1. The molecule has 0 aromatic heterocycles. The maximum Gasteiger partial charge on any atom is 0.338 e. The molecule has 2 saturated carbocycles. The van der Waals surface area contributed by atoms with Crippen molar-refractivity contribution < 1.29 is 38.4 Å². The highest BCUT2D eigenvalue weighted by Gasteiger charge is 2.82. The van der Waals surface area contributed by atoms with Crippen LogP contribution in [0.2, 0.25) is 0 Å². The van der Waals surface area contributed by atoms with E-state index in [1.165, 1.54) is 0 Å². The first kappa shape index (κ1) is 30.0. The highest BCUT2D eigenvalue weighted by molar-refractivity contribution is 5.91. The van der Waals surface area contributed by atoms with E-state index >= 15 is 0 Å². The van der Waals surface area contributed by atoms with Gasteiger partial charge < -0.3 is 24.1 Å². The van der Waals surface area contributed by atoms with Gasteiger partial charge in [0, 0.05) is 5.92 Å². The zero-order chi connectivity index (χ0) is 31.3. The van der Waals surface area contributed by atoms with E-state index in [2.05, 4.69) is 0 Å². The molecule has 0 unspecified atom stereocenters. The number of carbonyl (C=O) groups is 3. The van der Waals surface area contributed by atoms with Gasteiger partial charge in [-0.1, -0.05) is 54.6 Å². The second-order valence-electron chi connectivity index (χ2n) is 13.1. The van der Waals surface area contributed by atoms with Crippen molar-refractivity contribution in [3.63, 3.8) is 0 Å². The average molecular weight is 599 g/mol.